The molecule has 5 rings (SSSR count). The maximum absolute atomic E-state index is 11.8. The van der Waals surface area contributed by atoms with Gasteiger partial charge in [-0.1, -0.05) is 12.1 Å². The van der Waals surface area contributed by atoms with Crippen LogP contribution in [0, 0.1) is 11.3 Å². The summed E-state index contributed by atoms with van der Waals surface area (Å²) in [6.45, 7) is 0. The van der Waals surface area contributed by atoms with E-state index in [4.69, 9.17) is 5.26 Å². The van der Waals surface area contributed by atoms with Crippen molar-refractivity contribution in [3.63, 3.8) is 0 Å². The lowest BCUT2D eigenvalue weighted by molar-refractivity contribution is -0.115. The van der Waals surface area contributed by atoms with Gasteiger partial charge in [0.05, 0.1) is 22.1 Å². The Balaban J connectivity index is 1.65. The van der Waals surface area contributed by atoms with Crippen LogP contribution < -0.4 is 5.32 Å². The first-order chi connectivity index (χ1) is 14.1. The highest BCUT2D eigenvalue weighted by molar-refractivity contribution is 8.18. The molecule has 2 amide bonds. The molecule has 0 bridgehead atoms. The number of nitrogens with zero attached hydrogens (tertiary/aromatic N) is 2. The quantitative estimate of drug-likeness (QED) is 0.450. The minimum absolute atomic E-state index is 0.355. The van der Waals surface area contributed by atoms with Crippen molar-refractivity contribution in [1.29, 1.82) is 5.26 Å². The first-order valence-electron chi connectivity index (χ1n) is 8.68. The molecule has 0 atom stereocenters. The van der Waals surface area contributed by atoms with Crippen molar-refractivity contribution in [2.24, 2.45) is 0 Å². The number of fused-ring (bicyclic) bond motifs is 2. The van der Waals surface area contributed by atoms with Gasteiger partial charge in [0.15, 0.2) is 0 Å². The van der Waals surface area contributed by atoms with E-state index in [1.54, 1.807) is 23.6 Å². The average molecular weight is 413 g/mol. The van der Waals surface area contributed by atoms with Crippen molar-refractivity contribution < 1.29 is 9.59 Å². The Morgan fingerprint density at radius 3 is 2.76 bits per heavy atom. The molecule has 3 heterocycles. The first kappa shape index (κ1) is 17.6. The molecule has 138 valence electrons. The number of hydrogen-bond donors (Lipinski definition) is 1. The van der Waals surface area contributed by atoms with Crippen LogP contribution in [0.1, 0.15) is 11.1 Å². The third-order valence-corrected chi connectivity index (χ3v) is 6.56. The predicted molar refractivity (Wildman–Crippen MR) is 116 cm³/mol. The van der Waals surface area contributed by atoms with Gasteiger partial charge in [0, 0.05) is 26.7 Å². The third-order valence-electron chi connectivity index (χ3n) is 4.62. The Labute approximate surface area is 173 Å². The van der Waals surface area contributed by atoms with Crippen LogP contribution in [-0.4, -0.2) is 16.1 Å². The van der Waals surface area contributed by atoms with Crippen LogP contribution in [0.5, 0.6) is 0 Å². The van der Waals surface area contributed by atoms with Crippen LogP contribution in [0.3, 0.4) is 0 Å². The number of nitrogens with one attached hydrogen (secondary N) is 1. The summed E-state index contributed by atoms with van der Waals surface area (Å²) in [5.74, 6) is -0.371. The molecule has 29 heavy (non-hydrogen) atoms. The Morgan fingerprint density at radius 1 is 1.07 bits per heavy atom. The number of benzene rings is 2. The van der Waals surface area contributed by atoms with Crippen LogP contribution in [0.4, 0.5) is 4.79 Å². The summed E-state index contributed by atoms with van der Waals surface area (Å²) in [7, 11) is 0. The molecule has 1 fully saturated rings. The number of carbonyl (C=O) groups is 2. The van der Waals surface area contributed by atoms with Gasteiger partial charge in [0.2, 0.25) is 0 Å². The fraction of sp³-hybridized carbons (Fsp3) is 0. The molecule has 2 aromatic carbocycles. The molecule has 0 radical (unpaired) electrons. The summed E-state index contributed by atoms with van der Waals surface area (Å²) in [5.41, 5.74) is 3.35. The normalized spacial score (nSPS) is 15.2. The molecule has 0 aliphatic carbocycles. The Kier molecular flexibility index (Phi) is 4.16. The van der Waals surface area contributed by atoms with Crippen LogP contribution in [0.2, 0.25) is 0 Å². The molecular weight excluding hydrogens is 402 g/mol. The van der Waals surface area contributed by atoms with Gasteiger partial charge in [-0.25, -0.2) is 0 Å². The Hall–Kier alpha value is -3.47. The molecule has 0 saturated carbocycles. The van der Waals surface area contributed by atoms with Crippen LogP contribution >= 0.6 is 23.1 Å². The highest BCUT2D eigenvalue weighted by Crippen LogP contribution is 2.37. The number of aromatic nitrogens is 1. The van der Waals surface area contributed by atoms with E-state index in [2.05, 4.69) is 22.4 Å². The molecule has 0 unspecified atom stereocenters. The summed E-state index contributed by atoms with van der Waals surface area (Å²) < 4.78 is 1.06. The molecule has 5 nitrogen and oxygen atoms in total. The summed E-state index contributed by atoms with van der Waals surface area (Å²) in [6, 6.07) is 17.7. The molecule has 4 aromatic rings. The van der Waals surface area contributed by atoms with Crippen molar-refractivity contribution >= 4 is 61.3 Å². The number of imide groups is 1. The van der Waals surface area contributed by atoms with Gasteiger partial charge in [-0.15, -0.1) is 11.3 Å². The number of carbonyl (C=O) groups excluding carboxylic acids is 2. The number of hydrogen-bond acceptors (Lipinski definition) is 6. The molecule has 1 N–H and O–H groups in total. The summed E-state index contributed by atoms with van der Waals surface area (Å²) in [4.78, 5) is 29.1. The molecule has 0 spiro atoms. The predicted octanol–water partition coefficient (Wildman–Crippen LogP) is 5.31. The number of rotatable bonds is 2. The fourth-order valence-corrected chi connectivity index (χ4v) is 5.10. The second kappa shape index (κ2) is 6.85. The van der Waals surface area contributed by atoms with E-state index in [-0.39, 0.29) is 11.1 Å². The van der Waals surface area contributed by atoms with Gasteiger partial charge in [-0.2, -0.15) is 5.26 Å². The van der Waals surface area contributed by atoms with Gasteiger partial charge in [0.25, 0.3) is 11.1 Å². The third kappa shape index (κ3) is 3.18. The average Bonchev–Trinajstić information content (AvgIpc) is 3.29. The van der Waals surface area contributed by atoms with Crippen molar-refractivity contribution in [1.82, 2.24) is 10.3 Å². The minimum atomic E-state index is -0.371. The maximum atomic E-state index is 11.8. The van der Waals surface area contributed by atoms with Crippen molar-refractivity contribution in [2.75, 3.05) is 0 Å². The molecule has 1 aliphatic heterocycles. The smallest absolute Gasteiger partial charge is 0.282 e. The highest BCUT2D eigenvalue weighted by atomic mass is 32.2. The SMILES string of the molecule is N#Cc1ccc2cc(-c3ccnc4ccc(/C=C5/SC(=O)NC5=O)cc34)sc2c1. The van der Waals surface area contributed by atoms with Crippen LogP contribution in [0.25, 0.3) is 37.5 Å². The molecular formula is C22H11N3O2S2. The summed E-state index contributed by atoms with van der Waals surface area (Å²) in [6.07, 6.45) is 3.49. The number of nitriles is 1. The summed E-state index contributed by atoms with van der Waals surface area (Å²) in [5, 5.41) is 13.1. The van der Waals surface area contributed by atoms with Crippen molar-refractivity contribution in [2.45, 2.75) is 0 Å². The summed E-state index contributed by atoms with van der Waals surface area (Å²) >= 11 is 2.53. The Morgan fingerprint density at radius 2 is 1.97 bits per heavy atom. The largest absolute Gasteiger partial charge is 0.290 e. The second-order valence-electron chi connectivity index (χ2n) is 6.46. The minimum Gasteiger partial charge on any atom is -0.282 e. The number of pyridine rings is 1. The molecule has 1 saturated heterocycles. The van der Waals surface area contributed by atoms with Crippen molar-refractivity contribution in [3.05, 3.63) is 70.8 Å². The maximum Gasteiger partial charge on any atom is 0.290 e. The number of thiophene rings is 1. The Bertz CT molecular complexity index is 1410. The topological polar surface area (TPSA) is 82.8 Å². The van der Waals surface area contributed by atoms with Gasteiger partial charge in [0.1, 0.15) is 0 Å². The van der Waals surface area contributed by atoms with E-state index in [0.717, 1.165) is 48.8 Å². The van der Waals surface area contributed by atoms with Gasteiger partial charge >= 0.3 is 0 Å². The first-order valence-corrected chi connectivity index (χ1v) is 10.3. The molecule has 1 aliphatic rings. The van der Waals surface area contributed by atoms with Crippen LogP contribution in [-0.2, 0) is 4.79 Å². The zero-order valence-corrected chi connectivity index (χ0v) is 16.4. The van der Waals surface area contributed by atoms with Gasteiger partial charge in [-0.3, -0.25) is 19.9 Å². The lowest BCUT2D eigenvalue weighted by Crippen LogP contribution is -2.17. The van der Waals surface area contributed by atoms with E-state index in [1.807, 2.05) is 42.5 Å². The lowest BCUT2D eigenvalue weighted by Gasteiger charge is -2.05. The highest BCUT2D eigenvalue weighted by Gasteiger charge is 2.25. The lowest BCUT2D eigenvalue weighted by atomic mass is 10.0. The van der Waals surface area contributed by atoms with E-state index in [0.29, 0.717) is 10.5 Å². The molecule has 2 aromatic heterocycles. The second-order valence-corrected chi connectivity index (χ2v) is 8.56. The van der Waals surface area contributed by atoms with Crippen LogP contribution in [0.15, 0.2) is 59.6 Å². The van der Waals surface area contributed by atoms with E-state index in [1.165, 1.54) is 0 Å². The standard InChI is InChI=1S/C22H11N3O2S2/c23-11-13-1-3-14-10-19(28-18(14)9-13)15-5-6-24-17-4-2-12(7-16(15)17)8-20-21(26)25-22(27)29-20/h1-10H,(H,25,26,27)/b20-8+. The molecule has 7 heteroatoms. The fourth-order valence-electron chi connectivity index (χ4n) is 3.27. The van der Waals surface area contributed by atoms with E-state index >= 15 is 0 Å². The van der Waals surface area contributed by atoms with Crippen molar-refractivity contribution in [3.8, 4) is 16.5 Å². The zero-order chi connectivity index (χ0) is 20.0. The monoisotopic (exact) mass is 413 g/mol. The zero-order valence-electron chi connectivity index (χ0n) is 14.8. The van der Waals surface area contributed by atoms with Gasteiger partial charge in [-0.05, 0) is 65.2 Å². The number of amides is 2. The number of thioether (sulfide) groups is 1. The van der Waals surface area contributed by atoms with E-state index < -0.39 is 0 Å². The van der Waals surface area contributed by atoms with E-state index in [9.17, 15) is 9.59 Å². The van der Waals surface area contributed by atoms with Gasteiger partial charge < -0.3 is 0 Å².